The number of nitrogens with two attached hydrogens (primary N) is 1. The van der Waals surface area contributed by atoms with Crippen LogP contribution < -0.4 is 10.6 Å². The van der Waals surface area contributed by atoms with E-state index in [4.69, 9.17) is 5.73 Å². The Bertz CT molecular complexity index is 623. The SMILES string of the molecule is CCc1ccc(C(=O)N(C)c2ccc(Br)cc2N)cc1. The lowest BCUT2D eigenvalue weighted by Gasteiger charge is -2.19. The summed E-state index contributed by atoms with van der Waals surface area (Å²) >= 11 is 3.36. The van der Waals surface area contributed by atoms with Crippen LogP contribution in [0.3, 0.4) is 0 Å². The lowest BCUT2D eigenvalue weighted by molar-refractivity contribution is 0.0993. The number of nitrogen functional groups attached to an aromatic ring is 1. The molecule has 1 amide bonds. The fourth-order valence-electron chi connectivity index (χ4n) is 2.02. The number of aryl methyl sites for hydroxylation is 1. The Balaban J connectivity index is 2.27. The summed E-state index contributed by atoms with van der Waals surface area (Å²) in [4.78, 5) is 14.0. The molecule has 4 heteroatoms. The van der Waals surface area contributed by atoms with Gasteiger partial charge in [0, 0.05) is 17.1 Å². The number of carbonyl (C=O) groups excluding carboxylic acids is 1. The van der Waals surface area contributed by atoms with Crippen molar-refractivity contribution in [3.8, 4) is 0 Å². The predicted octanol–water partition coefficient (Wildman–Crippen LogP) is 3.87. The summed E-state index contributed by atoms with van der Waals surface area (Å²) in [5, 5.41) is 0. The molecule has 0 saturated carbocycles. The third-order valence-electron chi connectivity index (χ3n) is 3.26. The van der Waals surface area contributed by atoms with Gasteiger partial charge in [0.2, 0.25) is 0 Å². The Morgan fingerprint density at radius 1 is 1.20 bits per heavy atom. The number of anilines is 2. The van der Waals surface area contributed by atoms with Gasteiger partial charge in [0.05, 0.1) is 11.4 Å². The van der Waals surface area contributed by atoms with E-state index in [1.165, 1.54) is 5.56 Å². The van der Waals surface area contributed by atoms with Crippen molar-refractivity contribution < 1.29 is 4.79 Å². The molecule has 0 atom stereocenters. The third kappa shape index (κ3) is 3.02. The van der Waals surface area contributed by atoms with Crippen molar-refractivity contribution in [1.29, 1.82) is 0 Å². The number of hydrogen-bond donors (Lipinski definition) is 1. The Kier molecular flexibility index (Phi) is 4.45. The molecule has 2 N–H and O–H groups in total. The number of benzene rings is 2. The van der Waals surface area contributed by atoms with Crippen LogP contribution in [0.5, 0.6) is 0 Å². The van der Waals surface area contributed by atoms with Crippen LogP contribution in [0, 0.1) is 0 Å². The van der Waals surface area contributed by atoms with Gasteiger partial charge in [-0.05, 0) is 42.3 Å². The molecule has 104 valence electrons. The van der Waals surface area contributed by atoms with Crippen molar-refractivity contribution in [2.24, 2.45) is 0 Å². The van der Waals surface area contributed by atoms with Gasteiger partial charge in [0.1, 0.15) is 0 Å². The van der Waals surface area contributed by atoms with Crippen LogP contribution in [0.2, 0.25) is 0 Å². The summed E-state index contributed by atoms with van der Waals surface area (Å²) in [6.07, 6.45) is 0.962. The number of carbonyl (C=O) groups is 1. The standard InChI is InChI=1S/C16H17BrN2O/c1-3-11-4-6-12(7-5-11)16(20)19(2)15-9-8-13(17)10-14(15)18/h4-10H,3,18H2,1-2H3. The number of amides is 1. The smallest absolute Gasteiger partial charge is 0.258 e. The van der Waals surface area contributed by atoms with E-state index in [1.807, 2.05) is 36.4 Å². The molecule has 0 unspecified atom stereocenters. The van der Waals surface area contributed by atoms with Crippen LogP contribution in [0.25, 0.3) is 0 Å². The van der Waals surface area contributed by atoms with Crippen molar-refractivity contribution in [1.82, 2.24) is 0 Å². The topological polar surface area (TPSA) is 46.3 Å². The quantitative estimate of drug-likeness (QED) is 0.867. The second-order valence-corrected chi connectivity index (χ2v) is 5.53. The number of rotatable bonds is 3. The van der Waals surface area contributed by atoms with E-state index in [1.54, 1.807) is 18.0 Å². The molecule has 0 fully saturated rings. The van der Waals surface area contributed by atoms with Gasteiger partial charge in [-0.2, -0.15) is 0 Å². The lowest BCUT2D eigenvalue weighted by Crippen LogP contribution is -2.27. The van der Waals surface area contributed by atoms with Crippen LogP contribution in [-0.4, -0.2) is 13.0 Å². The van der Waals surface area contributed by atoms with E-state index < -0.39 is 0 Å². The Morgan fingerprint density at radius 2 is 1.85 bits per heavy atom. The molecular weight excluding hydrogens is 316 g/mol. The first-order valence-electron chi connectivity index (χ1n) is 6.45. The molecule has 0 aliphatic carbocycles. The molecule has 0 spiro atoms. The second kappa shape index (κ2) is 6.09. The van der Waals surface area contributed by atoms with Crippen molar-refractivity contribution in [3.05, 3.63) is 58.1 Å². The highest BCUT2D eigenvalue weighted by Crippen LogP contribution is 2.27. The summed E-state index contributed by atoms with van der Waals surface area (Å²) in [6.45, 7) is 2.09. The summed E-state index contributed by atoms with van der Waals surface area (Å²) in [6, 6.07) is 13.2. The molecule has 2 aromatic rings. The molecule has 0 heterocycles. The van der Waals surface area contributed by atoms with Gasteiger partial charge < -0.3 is 10.6 Å². The Morgan fingerprint density at radius 3 is 2.40 bits per heavy atom. The number of hydrogen-bond acceptors (Lipinski definition) is 2. The van der Waals surface area contributed by atoms with Crippen LogP contribution in [0.4, 0.5) is 11.4 Å². The first-order chi connectivity index (χ1) is 9.52. The van der Waals surface area contributed by atoms with Gasteiger partial charge in [-0.25, -0.2) is 0 Å². The van der Waals surface area contributed by atoms with E-state index in [0.717, 1.165) is 10.9 Å². The number of nitrogens with zero attached hydrogens (tertiary/aromatic N) is 1. The number of halogens is 1. The van der Waals surface area contributed by atoms with Crippen LogP contribution >= 0.6 is 15.9 Å². The maximum absolute atomic E-state index is 12.4. The summed E-state index contributed by atoms with van der Waals surface area (Å²) < 4.78 is 0.895. The first kappa shape index (κ1) is 14.6. The zero-order chi connectivity index (χ0) is 14.7. The largest absolute Gasteiger partial charge is 0.397 e. The molecule has 3 nitrogen and oxygen atoms in total. The van der Waals surface area contributed by atoms with E-state index in [-0.39, 0.29) is 5.91 Å². The molecule has 0 bridgehead atoms. The average molecular weight is 333 g/mol. The highest BCUT2D eigenvalue weighted by molar-refractivity contribution is 9.10. The van der Waals surface area contributed by atoms with E-state index in [2.05, 4.69) is 22.9 Å². The van der Waals surface area contributed by atoms with Crippen LogP contribution in [0.15, 0.2) is 46.9 Å². The summed E-state index contributed by atoms with van der Waals surface area (Å²) in [5.41, 5.74) is 9.11. The Labute approximate surface area is 127 Å². The van der Waals surface area contributed by atoms with Gasteiger partial charge in [0.25, 0.3) is 5.91 Å². The lowest BCUT2D eigenvalue weighted by atomic mass is 10.1. The fraction of sp³-hybridized carbons (Fsp3) is 0.188. The molecule has 2 rings (SSSR count). The molecule has 0 radical (unpaired) electrons. The average Bonchev–Trinajstić information content (AvgIpc) is 2.46. The van der Waals surface area contributed by atoms with Crippen molar-refractivity contribution in [2.45, 2.75) is 13.3 Å². The van der Waals surface area contributed by atoms with Gasteiger partial charge in [-0.15, -0.1) is 0 Å². The monoisotopic (exact) mass is 332 g/mol. The van der Waals surface area contributed by atoms with Crippen LogP contribution in [-0.2, 0) is 6.42 Å². The second-order valence-electron chi connectivity index (χ2n) is 4.62. The van der Waals surface area contributed by atoms with Crippen molar-refractivity contribution in [3.63, 3.8) is 0 Å². The molecule has 2 aromatic carbocycles. The van der Waals surface area contributed by atoms with Crippen LogP contribution in [0.1, 0.15) is 22.8 Å². The normalized spacial score (nSPS) is 10.3. The maximum Gasteiger partial charge on any atom is 0.258 e. The minimum atomic E-state index is -0.0679. The molecular formula is C16H17BrN2O. The van der Waals surface area contributed by atoms with Gasteiger partial charge in [-0.3, -0.25) is 4.79 Å². The Hall–Kier alpha value is -1.81. The molecule has 0 aliphatic rings. The fourth-order valence-corrected chi connectivity index (χ4v) is 2.40. The van der Waals surface area contributed by atoms with Crippen molar-refractivity contribution in [2.75, 3.05) is 17.7 Å². The predicted molar refractivity (Wildman–Crippen MR) is 87.1 cm³/mol. The van der Waals surface area contributed by atoms with Crippen molar-refractivity contribution >= 4 is 33.2 Å². The maximum atomic E-state index is 12.4. The van der Waals surface area contributed by atoms with Gasteiger partial charge in [0.15, 0.2) is 0 Å². The zero-order valence-corrected chi connectivity index (χ0v) is 13.1. The molecule has 20 heavy (non-hydrogen) atoms. The zero-order valence-electron chi connectivity index (χ0n) is 11.6. The minimum Gasteiger partial charge on any atom is -0.397 e. The highest BCUT2D eigenvalue weighted by atomic mass is 79.9. The van der Waals surface area contributed by atoms with E-state index in [9.17, 15) is 4.79 Å². The van der Waals surface area contributed by atoms with E-state index in [0.29, 0.717) is 16.9 Å². The molecule has 0 aromatic heterocycles. The third-order valence-corrected chi connectivity index (χ3v) is 3.76. The van der Waals surface area contributed by atoms with E-state index >= 15 is 0 Å². The highest BCUT2D eigenvalue weighted by Gasteiger charge is 2.15. The summed E-state index contributed by atoms with van der Waals surface area (Å²) in [5.74, 6) is -0.0679. The van der Waals surface area contributed by atoms with Gasteiger partial charge >= 0.3 is 0 Å². The summed E-state index contributed by atoms with van der Waals surface area (Å²) in [7, 11) is 1.73. The van der Waals surface area contributed by atoms with Gasteiger partial charge in [-0.1, -0.05) is 35.0 Å². The molecule has 0 aliphatic heterocycles. The first-order valence-corrected chi connectivity index (χ1v) is 7.24. The molecule has 0 saturated heterocycles. The minimum absolute atomic E-state index is 0.0679.